The molecule has 32 heavy (non-hydrogen) atoms. The van der Waals surface area contributed by atoms with Gasteiger partial charge in [-0.05, 0) is 68.6 Å². The summed E-state index contributed by atoms with van der Waals surface area (Å²) in [6, 6.07) is 8.05. The predicted molar refractivity (Wildman–Crippen MR) is 130 cm³/mol. The Kier molecular flexibility index (Phi) is 14.3. The molecule has 184 valence electrons. The van der Waals surface area contributed by atoms with E-state index in [1.807, 2.05) is 45.0 Å². The van der Waals surface area contributed by atoms with Crippen molar-refractivity contribution in [1.29, 1.82) is 0 Å². The van der Waals surface area contributed by atoms with Gasteiger partial charge in [0.05, 0.1) is 25.4 Å². The number of carbonyl (C=O) groups is 1. The maximum absolute atomic E-state index is 11.1. The number of ether oxygens (including phenoxy) is 1. The fourth-order valence-electron chi connectivity index (χ4n) is 4.56. The molecule has 0 spiro atoms. The van der Waals surface area contributed by atoms with E-state index in [2.05, 4.69) is 10.1 Å². The van der Waals surface area contributed by atoms with Gasteiger partial charge in [-0.15, -0.1) is 0 Å². The minimum Gasteiger partial charge on any atom is -0.469 e. The molecule has 1 aromatic carbocycles. The van der Waals surface area contributed by atoms with Crippen molar-refractivity contribution < 1.29 is 24.9 Å². The second-order valence-corrected chi connectivity index (χ2v) is 8.71. The van der Waals surface area contributed by atoms with Crippen LogP contribution in [0.5, 0.6) is 0 Å². The SMILES string of the molecule is CC.COC(=O)CCCCCCC1C(CCC(O)CNc2cccc(C)c2)[C@H](O)C[C@@H]1O. The number of rotatable bonds is 13. The Labute approximate surface area is 194 Å². The number of unbranched alkanes of at least 4 members (excludes halogenated alkanes) is 3. The van der Waals surface area contributed by atoms with Crippen molar-refractivity contribution >= 4 is 11.7 Å². The first-order valence-corrected chi connectivity index (χ1v) is 12.3. The highest BCUT2D eigenvalue weighted by molar-refractivity contribution is 5.68. The summed E-state index contributed by atoms with van der Waals surface area (Å²) >= 11 is 0. The molecule has 3 unspecified atom stereocenters. The van der Waals surface area contributed by atoms with Crippen LogP contribution in [0.4, 0.5) is 5.69 Å². The smallest absolute Gasteiger partial charge is 0.305 e. The lowest BCUT2D eigenvalue weighted by molar-refractivity contribution is -0.140. The van der Waals surface area contributed by atoms with Gasteiger partial charge in [0.15, 0.2) is 0 Å². The second-order valence-electron chi connectivity index (χ2n) is 8.71. The lowest BCUT2D eigenvalue weighted by Crippen LogP contribution is -2.26. The van der Waals surface area contributed by atoms with E-state index < -0.39 is 18.3 Å². The molecule has 1 aliphatic rings. The van der Waals surface area contributed by atoms with Gasteiger partial charge in [-0.1, -0.05) is 45.2 Å². The van der Waals surface area contributed by atoms with Gasteiger partial charge in [0, 0.05) is 18.7 Å². The normalized spacial score (nSPS) is 23.2. The molecule has 0 radical (unpaired) electrons. The average molecular weight is 452 g/mol. The van der Waals surface area contributed by atoms with Gasteiger partial charge in [-0.2, -0.15) is 0 Å². The third-order valence-corrected chi connectivity index (χ3v) is 6.31. The zero-order valence-electron chi connectivity index (χ0n) is 20.4. The summed E-state index contributed by atoms with van der Waals surface area (Å²) < 4.78 is 4.65. The van der Waals surface area contributed by atoms with Crippen molar-refractivity contribution in [2.75, 3.05) is 19.0 Å². The van der Waals surface area contributed by atoms with Gasteiger partial charge >= 0.3 is 5.97 Å². The Hall–Kier alpha value is -1.63. The third kappa shape index (κ3) is 10.3. The first-order valence-electron chi connectivity index (χ1n) is 12.3. The van der Waals surface area contributed by atoms with Gasteiger partial charge in [-0.3, -0.25) is 4.79 Å². The van der Waals surface area contributed by atoms with Crippen LogP contribution in [-0.4, -0.2) is 53.3 Å². The lowest BCUT2D eigenvalue weighted by Gasteiger charge is -2.25. The van der Waals surface area contributed by atoms with Crippen molar-refractivity contribution in [1.82, 2.24) is 0 Å². The second kappa shape index (κ2) is 16.1. The fraction of sp³-hybridized carbons (Fsp3) is 0.731. The topological polar surface area (TPSA) is 99.0 Å². The highest BCUT2D eigenvalue weighted by Gasteiger charge is 2.40. The summed E-state index contributed by atoms with van der Waals surface area (Å²) in [5.74, 6) is -0.0546. The van der Waals surface area contributed by atoms with Crippen LogP contribution in [0.15, 0.2) is 24.3 Å². The third-order valence-electron chi connectivity index (χ3n) is 6.31. The van der Waals surface area contributed by atoms with E-state index in [1.54, 1.807) is 0 Å². The number of aliphatic hydroxyl groups excluding tert-OH is 3. The number of anilines is 1. The van der Waals surface area contributed by atoms with Crippen LogP contribution < -0.4 is 5.32 Å². The lowest BCUT2D eigenvalue weighted by atomic mass is 9.85. The molecule has 6 heteroatoms. The molecule has 0 heterocycles. The number of nitrogens with one attached hydrogen (secondary N) is 1. The number of carbonyl (C=O) groups excluding carboxylic acids is 1. The van der Waals surface area contributed by atoms with Crippen LogP contribution in [0.2, 0.25) is 0 Å². The zero-order valence-corrected chi connectivity index (χ0v) is 20.4. The Balaban J connectivity index is 0.00000249. The van der Waals surface area contributed by atoms with Crippen LogP contribution >= 0.6 is 0 Å². The predicted octanol–water partition coefficient (Wildman–Crippen LogP) is 4.45. The summed E-state index contributed by atoms with van der Waals surface area (Å²) in [6.45, 7) is 6.51. The maximum atomic E-state index is 11.1. The number of benzene rings is 1. The maximum Gasteiger partial charge on any atom is 0.305 e. The van der Waals surface area contributed by atoms with Gasteiger partial charge in [0.25, 0.3) is 0 Å². The molecule has 0 amide bonds. The van der Waals surface area contributed by atoms with Gasteiger partial charge in [-0.25, -0.2) is 0 Å². The number of esters is 1. The Morgan fingerprint density at radius 3 is 2.41 bits per heavy atom. The minimum absolute atomic E-state index is 0.0312. The molecule has 1 aliphatic carbocycles. The molecule has 6 nitrogen and oxygen atoms in total. The summed E-state index contributed by atoms with van der Waals surface area (Å²) in [7, 11) is 1.41. The van der Waals surface area contributed by atoms with E-state index >= 15 is 0 Å². The van der Waals surface area contributed by atoms with Crippen LogP contribution in [-0.2, 0) is 9.53 Å². The summed E-state index contributed by atoms with van der Waals surface area (Å²) in [4.78, 5) is 11.1. The number of methoxy groups -OCH3 is 1. The molecule has 4 N–H and O–H groups in total. The van der Waals surface area contributed by atoms with E-state index in [0.29, 0.717) is 32.2 Å². The molecule has 0 saturated heterocycles. The standard InChI is InChI=1S/C24H39NO5.C2H6/c1-17-8-7-9-18(14-17)25-16-19(26)12-13-21-20(22(27)15-23(21)28)10-5-3-4-6-11-24(29)30-2;1-2/h7-9,14,19-23,25-28H,3-6,10-13,15-16H2,1-2H3;1-2H3/t19?,20?,21?,22-,23+;/m0./s1. The number of aryl methyl sites for hydroxylation is 1. The van der Waals surface area contributed by atoms with Gasteiger partial charge in [0.2, 0.25) is 0 Å². The summed E-state index contributed by atoms with van der Waals surface area (Å²) in [6.07, 6.45) is 5.38. The van der Waals surface area contributed by atoms with Gasteiger partial charge in [0.1, 0.15) is 0 Å². The van der Waals surface area contributed by atoms with Crippen LogP contribution in [0.3, 0.4) is 0 Å². The summed E-state index contributed by atoms with van der Waals surface area (Å²) in [5.41, 5.74) is 2.17. The van der Waals surface area contributed by atoms with Gasteiger partial charge < -0.3 is 25.4 Å². The first-order chi connectivity index (χ1) is 15.4. The number of hydrogen-bond donors (Lipinski definition) is 4. The fourth-order valence-corrected chi connectivity index (χ4v) is 4.56. The van der Waals surface area contributed by atoms with Crippen LogP contribution in [0, 0.1) is 18.8 Å². The Bertz CT molecular complexity index is 638. The minimum atomic E-state index is -0.499. The molecule has 2 rings (SSSR count). The summed E-state index contributed by atoms with van der Waals surface area (Å²) in [5, 5.41) is 34.4. The molecule has 5 atom stereocenters. The molecular weight excluding hydrogens is 406 g/mol. The zero-order chi connectivity index (χ0) is 23.9. The van der Waals surface area contributed by atoms with Crippen molar-refractivity contribution in [2.45, 2.75) is 96.9 Å². The highest BCUT2D eigenvalue weighted by atomic mass is 16.5. The molecule has 1 aromatic rings. The molecule has 0 aliphatic heterocycles. The molecule has 0 bridgehead atoms. The van der Waals surface area contributed by atoms with E-state index in [0.717, 1.165) is 37.8 Å². The van der Waals surface area contributed by atoms with Crippen LogP contribution in [0.25, 0.3) is 0 Å². The molecular formula is C26H45NO5. The number of aliphatic hydroxyl groups is 3. The average Bonchev–Trinajstić information content (AvgIpc) is 3.06. The number of hydrogen-bond acceptors (Lipinski definition) is 6. The van der Waals surface area contributed by atoms with Crippen molar-refractivity contribution in [2.24, 2.45) is 11.8 Å². The van der Waals surface area contributed by atoms with E-state index in [1.165, 1.54) is 12.7 Å². The van der Waals surface area contributed by atoms with E-state index in [-0.39, 0.29) is 17.8 Å². The van der Waals surface area contributed by atoms with Crippen molar-refractivity contribution in [3.63, 3.8) is 0 Å². The molecule has 0 aromatic heterocycles. The molecule has 1 saturated carbocycles. The Morgan fingerprint density at radius 1 is 1.09 bits per heavy atom. The Morgan fingerprint density at radius 2 is 1.75 bits per heavy atom. The van der Waals surface area contributed by atoms with Crippen molar-refractivity contribution in [3.05, 3.63) is 29.8 Å². The first kappa shape index (κ1) is 28.4. The molecule has 1 fully saturated rings. The quantitative estimate of drug-likeness (QED) is 0.261. The van der Waals surface area contributed by atoms with Crippen LogP contribution in [0.1, 0.15) is 77.2 Å². The largest absolute Gasteiger partial charge is 0.469 e. The monoisotopic (exact) mass is 451 g/mol. The van der Waals surface area contributed by atoms with E-state index in [9.17, 15) is 20.1 Å². The van der Waals surface area contributed by atoms with Crippen molar-refractivity contribution in [3.8, 4) is 0 Å². The highest BCUT2D eigenvalue weighted by Crippen LogP contribution is 2.39. The van der Waals surface area contributed by atoms with E-state index in [4.69, 9.17) is 0 Å².